The van der Waals surface area contributed by atoms with Gasteiger partial charge in [-0.1, -0.05) is 6.07 Å². The molecule has 2 heterocycles. The summed E-state index contributed by atoms with van der Waals surface area (Å²) in [6.07, 6.45) is 3.08. The number of nitrogens with zero attached hydrogens (tertiary/aromatic N) is 3. The van der Waals surface area contributed by atoms with Crippen molar-refractivity contribution in [3.63, 3.8) is 0 Å². The molecule has 0 fully saturated rings. The van der Waals surface area contributed by atoms with Crippen LogP contribution in [0.5, 0.6) is 5.88 Å². The Bertz CT molecular complexity index is 626. The molecule has 0 aromatic carbocycles. The Morgan fingerprint density at radius 3 is 2.71 bits per heavy atom. The zero-order chi connectivity index (χ0) is 15.2. The monoisotopic (exact) mass is 286 g/mol. The fourth-order valence-electron chi connectivity index (χ4n) is 1.78. The average molecular weight is 286 g/mol. The first-order valence-electron chi connectivity index (χ1n) is 6.76. The zero-order valence-corrected chi connectivity index (χ0v) is 12.4. The van der Waals surface area contributed by atoms with Crippen LogP contribution in [0.25, 0.3) is 0 Å². The molecule has 0 atom stereocenters. The van der Waals surface area contributed by atoms with E-state index >= 15 is 0 Å². The summed E-state index contributed by atoms with van der Waals surface area (Å²) in [6.45, 7) is 6.56. The Hall–Kier alpha value is -2.50. The van der Waals surface area contributed by atoms with Crippen molar-refractivity contribution in [1.82, 2.24) is 20.3 Å². The molecule has 2 rings (SSSR count). The second-order valence-corrected chi connectivity index (χ2v) is 4.55. The van der Waals surface area contributed by atoms with E-state index in [0.717, 1.165) is 16.8 Å². The van der Waals surface area contributed by atoms with Gasteiger partial charge in [-0.05, 0) is 26.3 Å². The molecule has 0 unspecified atom stereocenters. The van der Waals surface area contributed by atoms with Gasteiger partial charge in [-0.15, -0.1) is 0 Å². The van der Waals surface area contributed by atoms with Gasteiger partial charge in [-0.2, -0.15) is 0 Å². The SMILES string of the molecule is CCOc1ccc(CNC(=O)c2ncnc(C)c2C)cn1. The number of hydrogen-bond donors (Lipinski definition) is 1. The molecule has 6 nitrogen and oxygen atoms in total. The molecule has 0 aliphatic heterocycles. The van der Waals surface area contributed by atoms with Gasteiger partial charge < -0.3 is 10.1 Å². The van der Waals surface area contributed by atoms with Crippen LogP contribution in [0.3, 0.4) is 0 Å². The molecule has 0 saturated carbocycles. The molecule has 21 heavy (non-hydrogen) atoms. The van der Waals surface area contributed by atoms with Gasteiger partial charge in [-0.3, -0.25) is 4.79 Å². The number of nitrogens with one attached hydrogen (secondary N) is 1. The summed E-state index contributed by atoms with van der Waals surface area (Å²) in [5, 5.41) is 2.82. The van der Waals surface area contributed by atoms with E-state index in [1.54, 1.807) is 12.3 Å². The summed E-state index contributed by atoms with van der Waals surface area (Å²) in [6, 6.07) is 3.65. The largest absolute Gasteiger partial charge is 0.478 e. The third-order valence-corrected chi connectivity index (χ3v) is 3.09. The standard InChI is InChI=1S/C15H18N4O2/c1-4-21-13-6-5-12(7-16-13)8-17-15(20)14-10(2)11(3)18-9-19-14/h5-7,9H,4,8H2,1-3H3,(H,17,20). The normalized spacial score (nSPS) is 10.2. The molecule has 6 heteroatoms. The summed E-state index contributed by atoms with van der Waals surface area (Å²) in [5.41, 5.74) is 2.90. The van der Waals surface area contributed by atoms with E-state index in [1.165, 1.54) is 6.33 Å². The highest BCUT2D eigenvalue weighted by Gasteiger charge is 2.12. The summed E-state index contributed by atoms with van der Waals surface area (Å²) < 4.78 is 5.27. The van der Waals surface area contributed by atoms with Gasteiger partial charge in [0.25, 0.3) is 5.91 Å². The average Bonchev–Trinajstić information content (AvgIpc) is 2.49. The van der Waals surface area contributed by atoms with Crippen molar-refractivity contribution < 1.29 is 9.53 Å². The molecule has 0 saturated heterocycles. The quantitative estimate of drug-likeness (QED) is 0.907. The Morgan fingerprint density at radius 2 is 2.05 bits per heavy atom. The van der Waals surface area contributed by atoms with E-state index in [2.05, 4.69) is 20.3 Å². The lowest BCUT2D eigenvalue weighted by atomic mass is 10.2. The fourth-order valence-corrected chi connectivity index (χ4v) is 1.78. The number of amides is 1. The van der Waals surface area contributed by atoms with Crippen LogP contribution in [0.1, 0.15) is 34.2 Å². The second kappa shape index (κ2) is 6.78. The molecule has 0 spiro atoms. The maximum absolute atomic E-state index is 12.1. The van der Waals surface area contributed by atoms with Crippen LogP contribution >= 0.6 is 0 Å². The number of carbonyl (C=O) groups excluding carboxylic acids is 1. The predicted molar refractivity (Wildman–Crippen MR) is 78.1 cm³/mol. The molecular weight excluding hydrogens is 268 g/mol. The molecule has 110 valence electrons. The zero-order valence-electron chi connectivity index (χ0n) is 12.4. The lowest BCUT2D eigenvalue weighted by Gasteiger charge is -2.08. The number of hydrogen-bond acceptors (Lipinski definition) is 5. The third kappa shape index (κ3) is 3.75. The van der Waals surface area contributed by atoms with Crippen molar-refractivity contribution in [1.29, 1.82) is 0 Å². The van der Waals surface area contributed by atoms with Crippen LogP contribution in [-0.4, -0.2) is 27.5 Å². The molecule has 0 radical (unpaired) electrons. The van der Waals surface area contributed by atoms with Crippen LogP contribution in [0.2, 0.25) is 0 Å². The van der Waals surface area contributed by atoms with Gasteiger partial charge in [0.1, 0.15) is 12.0 Å². The second-order valence-electron chi connectivity index (χ2n) is 4.55. The Kier molecular flexibility index (Phi) is 4.81. The van der Waals surface area contributed by atoms with Crippen LogP contribution in [-0.2, 0) is 6.54 Å². The van der Waals surface area contributed by atoms with Gasteiger partial charge >= 0.3 is 0 Å². The first kappa shape index (κ1) is 14.9. The molecule has 1 amide bonds. The van der Waals surface area contributed by atoms with Crippen molar-refractivity contribution in [3.8, 4) is 5.88 Å². The van der Waals surface area contributed by atoms with Gasteiger partial charge in [-0.25, -0.2) is 15.0 Å². The van der Waals surface area contributed by atoms with E-state index < -0.39 is 0 Å². The topological polar surface area (TPSA) is 77.0 Å². The molecule has 0 aliphatic rings. The number of aryl methyl sites for hydroxylation is 1. The Balaban J connectivity index is 1.99. The molecule has 1 N–H and O–H groups in total. The lowest BCUT2D eigenvalue weighted by Crippen LogP contribution is -2.25. The molecule has 2 aromatic rings. The Morgan fingerprint density at radius 1 is 1.24 bits per heavy atom. The van der Waals surface area contributed by atoms with E-state index in [-0.39, 0.29) is 5.91 Å². The van der Waals surface area contributed by atoms with Crippen molar-refractivity contribution in [2.75, 3.05) is 6.61 Å². The van der Waals surface area contributed by atoms with Crippen molar-refractivity contribution in [2.45, 2.75) is 27.3 Å². The minimum Gasteiger partial charge on any atom is -0.478 e. The van der Waals surface area contributed by atoms with Crippen LogP contribution < -0.4 is 10.1 Å². The van der Waals surface area contributed by atoms with Gasteiger partial charge in [0, 0.05) is 30.1 Å². The Labute approximate surface area is 123 Å². The molecule has 0 aliphatic carbocycles. The minimum atomic E-state index is -0.216. The van der Waals surface area contributed by atoms with E-state index in [9.17, 15) is 4.79 Å². The van der Waals surface area contributed by atoms with Gasteiger partial charge in [0.05, 0.1) is 6.61 Å². The highest BCUT2D eigenvalue weighted by molar-refractivity contribution is 5.93. The summed E-state index contributed by atoms with van der Waals surface area (Å²) in [5.74, 6) is 0.363. The maximum atomic E-state index is 12.1. The van der Waals surface area contributed by atoms with Crippen molar-refractivity contribution in [3.05, 3.63) is 47.2 Å². The lowest BCUT2D eigenvalue weighted by molar-refractivity contribution is 0.0945. The van der Waals surface area contributed by atoms with Crippen LogP contribution in [0, 0.1) is 13.8 Å². The van der Waals surface area contributed by atoms with Gasteiger partial charge in [0.2, 0.25) is 5.88 Å². The fraction of sp³-hybridized carbons (Fsp3) is 0.333. The number of ether oxygens (including phenoxy) is 1. The van der Waals surface area contributed by atoms with Crippen molar-refractivity contribution in [2.24, 2.45) is 0 Å². The van der Waals surface area contributed by atoms with Crippen LogP contribution in [0.4, 0.5) is 0 Å². The minimum absolute atomic E-state index is 0.216. The predicted octanol–water partition coefficient (Wildman–Crippen LogP) is 1.82. The van der Waals surface area contributed by atoms with Crippen molar-refractivity contribution >= 4 is 5.91 Å². The highest BCUT2D eigenvalue weighted by Crippen LogP contribution is 2.09. The molecule has 2 aromatic heterocycles. The van der Waals surface area contributed by atoms with E-state index in [4.69, 9.17) is 4.74 Å². The summed E-state index contributed by atoms with van der Waals surface area (Å²) >= 11 is 0. The van der Waals surface area contributed by atoms with E-state index in [0.29, 0.717) is 24.7 Å². The number of aromatic nitrogens is 3. The molecular formula is C15H18N4O2. The number of pyridine rings is 1. The number of carbonyl (C=O) groups is 1. The highest BCUT2D eigenvalue weighted by atomic mass is 16.5. The van der Waals surface area contributed by atoms with Crippen LogP contribution in [0.15, 0.2) is 24.7 Å². The first-order chi connectivity index (χ1) is 10.1. The van der Waals surface area contributed by atoms with E-state index in [1.807, 2.05) is 26.8 Å². The summed E-state index contributed by atoms with van der Waals surface area (Å²) in [4.78, 5) is 24.3. The smallest absolute Gasteiger partial charge is 0.270 e. The maximum Gasteiger partial charge on any atom is 0.270 e. The first-order valence-corrected chi connectivity index (χ1v) is 6.76. The third-order valence-electron chi connectivity index (χ3n) is 3.09. The van der Waals surface area contributed by atoms with Gasteiger partial charge in [0.15, 0.2) is 0 Å². The number of rotatable bonds is 5. The molecule has 0 bridgehead atoms. The summed E-state index contributed by atoms with van der Waals surface area (Å²) in [7, 11) is 0.